The van der Waals surface area contributed by atoms with E-state index in [9.17, 15) is 14.4 Å². The van der Waals surface area contributed by atoms with Crippen LogP contribution in [0, 0.1) is 0 Å². The highest BCUT2D eigenvalue weighted by molar-refractivity contribution is 8.76. The molecular formula is C12H22N8O3S2. The Kier molecular flexibility index (Phi) is 12.4. The molecule has 11 nitrogen and oxygen atoms in total. The molecule has 0 aliphatic carbocycles. The maximum Gasteiger partial charge on any atom is 0.251 e. The normalized spacial score (nSPS) is 12.2. The first-order valence-corrected chi connectivity index (χ1v) is 9.28. The number of amides is 3. The fourth-order valence-electron chi connectivity index (χ4n) is 1.12. The molecule has 140 valence electrons. The second-order valence-corrected chi connectivity index (χ2v) is 6.96. The van der Waals surface area contributed by atoms with E-state index >= 15 is 0 Å². The van der Waals surface area contributed by atoms with Gasteiger partial charge in [-0.15, -0.1) is 0 Å². The van der Waals surface area contributed by atoms with Gasteiger partial charge in [-0.25, -0.2) is 11.7 Å². The van der Waals surface area contributed by atoms with Crippen molar-refractivity contribution in [2.45, 2.75) is 12.1 Å². The molecule has 2 unspecified atom stereocenters. The van der Waals surface area contributed by atoms with Gasteiger partial charge >= 0.3 is 0 Å². The number of hydrazine groups is 2. The third-order valence-electron chi connectivity index (χ3n) is 2.48. The van der Waals surface area contributed by atoms with Gasteiger partial charge in [0.25, 0.3) is 11.8 Å². The lowest BCUT2D eigenvalue weighted by Gasteiger charge is -2.10. The van der Waals surface area contributed by atoms with Crippen LogP contribution < -0.4 is 39.7 Å². The molecule has 1 aromatic rings. The molecular weight excluding hydrogens is 368 g/mol. The van der Waals surface area contributed by atoms with Crippen molar-refractivity contribution in [1.82, 2.24) is 15.8 Å². The molecule has 12 N–H and O–H groups in total. The summed E-state index contributed by atoms with van der Waals surface area (Å²) in [4.78, 5) is 35.9. The number of nitrogens with zero attached hydrogens (tertiary/aromatic N) is 1. The van der Waals surface area contributed by atoms with Crippen molar-refractivity contribution in [3.05, 3.63) is 30.1 Å². The van der Waals surface area contributed by atoms with Crippen molar-refractivity contribution in [2.75, 3.05) is 11.5 Å². The molecule has 0 aromatic carbocycles. The van der Waals surface area contributed by atoms with Gasteiger partial charge in [-0.2, -0.15) is 0 Å². The summed E-state index contributed by atoms with van der Waals surface area (Å²) in [6.07, 6.45) is 3.02. The van der Waals surface area contributed by atoms with Crippen molar-refractivity contribution < 1.29 is 14.4 Å². The summed E-state index contributed by atoms with van der Waals surface area (Å²) in [6.45, 7) is 0. The van der Waals surface area contributed by atoms with Crippen LogP contribution in [0.1, 0.15) is 10.4 Å². The molecule has 25 heavy (non-hydrogen) atoms. The van der Waals surface area contributed by atoms with E-state index in [4.69, 9.17) is 28.9 Å². The van der Waals surface area contributed by atoms with Gasteiger partial charge in [0.2, 0.25) is 5.91 Å². The van der Waals surface area contributed by atoms with Crippen molar-refractivity contribution in [3.8, 4) is 0 Å². The monoisotopic (exact) mass is 390 g/mol. The van der Waals surface area contributed by atoms with Crippen LogP contribution in [-0.2, 0) is 9.59 Å². The summed E-state index contributed by atoms with van der Waals surface area (Å²) in [5.74, 6) is 9.25. The Balaban J connectivity index is 0.000000535. The number of nitrogens with two attached hydrogens (primary N) is 5. The summed E-state index contributed by atoms with van der Waals surface area (Å²) in [5.41, 5.74) is 20.2. The molecule has 0 spiro atoms. The van der Waals surface area contributed by atoms with Gasteiger partial charge in [-0.3, -0.25) is 30.2 Å². The minimum Gasteiger partial charge on any atom is -0.366 e. The molecule has 0 fully saturated rings. The molecule has 1 aromatic heterocycles. The average Bonchev–Trinajstić information content (AvgIpc) is 2.64. The number of rotatable bonds is 8. The van der Waals surface area contributed by atoms with Crippen LogP contribution >= 0.6 is 21.6 Å². The maximum atomic E-state index is 10.9. The first-order chi connectivity index (χ1) is 11.8. The number of primary amides is 1. The lowest BCUT2D eigenvalue weighted by molar-refractivity contribution is -0.122. The zero-order valence-corrected chi connectivity index (χ0v) is 14.9. The Labute approximate surface area is 152 Å². The Bertz CT molecular complexity index is 524. The number of hydrogen-bond acceptors (Lipinski definition) is 10. The predicted octanol–water partition coefficient (Wildman–Crippen LogP) is -2.82. The first kappa shape index (κ1) is 23.1. The molecule has 3 amide bonds. The van der Waals surface area contributed by atoms with Crippen molar-refractivity contribution in [1.29, 1.82) is 0 Å². The SMILES string of the molecule is NC(=O)c1cccnc1.NNC(=O)C(N)CSSCC(N)C(=O)NN. The van der Waals surface area contributed by atoms with Gasteiger partial charge in [0, 0.05) is 23.9 Å². The molecule has 0 aliphatic rings. The topological polar surface area (TPSA) is 218 Å². The van der Waals surface area contributed by atoms with Crippen molar-refractivity contribution in [2.24, 2.45) is 28.9 Å². The molecule has 0 bridgehead atoms. The first-order valence-electron chi connectivity index (χ1n) is 6.79. The van der Waals surface area contributed by atoms with Crippen LogP contribution in [0.5, 0.6) is 0 Å². The van der Waals surface area contributed by atoms with Gasteiger partial charge in [-0.1, -0.05) is 21.6 Å². The third kappa shape index (κ3) is 10.5. The van der Waals surface area contributed by atoms with Gasteiger partial charge in [0.15, 0.2) is 0 Å². The zero-order chi connectivity index (χ0) is 19.2. The molecule has 0 saturated carbocycles. The fraction of sp³-hybridized carbons (Fsp3) is 0.333. The van der Waals surface area contributed by atoms with E-state index in [1.165, 1.54) is 27.8 Å². The third-order valence-corrected chi connectivity index (χ3v) is 4.96. The summed E-state index contributed by atoms with van der Waals surface area (Å²) >= 11 is 0. The molecule has 0 radical (unpaired) electrons. The fourth-order valence-corrected chi connectivity index (χ4v) is 3.36. The molecule has 1 heterocycles. The van der Waals surface area contributed by atoms with E-state index in [-0.39, 0.29) is 0 Å². The summed E-state index contributed by atoms with van der Waals surface area (Å²) in [5, 5.41) is 0. The number of carbonyl (C=O) groups is 3. The van der Waals surface area contributed by atoms with E-state index in [0.717, 1.165) is 0 Å². The molecule has 1 rings (SSSR count). The van der Waals surface area contributed by atoms with E-state index in [2.05, 4.69) is 4.98 Å². The van der Waals surface area contributed by atoms with E-state index < -0.39 is 29.8 Å². The highest BCUT2D eigenvalue weighted by atomic mass is 33.1. The number of nitrogens with one attached hydrogen (secondary N) is 2. The number of aromatic nitrogens is 1. The van der Waals surface area contributed by atoms with Gasteiger partial charge < -0.3 is 17.2 Å². The molecule has 0 saturated heterocycles. The van der Waals surface area contributed by atoms with Crippen LogP contribution in [-0.4, -0.2) is 46.3 Å². The summed E-state index contributed by atoms with van der Waals surface area (Å²) in [6, 6.07) is 1.93. The highest BCUT2D eigenvalue weighted by Crippen LogP contribution is 2.21. The summed E-state index contributed by atoms with van der Waals surface area (Å²) in [7, 11) is 2.67. The quantitative estimate of drug-likeness (QED) is 0.0793. The van der Waals surface area contributed by atoms with Crippen LogP contribution in [0.25, 0.3) is 0 Å². The molecule has 0 aliphatic heterocycles. The van der Waals surface area contributed by atoms with Crippen molar-refractivity contribution >= 4 is 39.3 Å². The van der Waals surface area contributed by atoms with Crippen LogP contribution in [0.15, 0.2) is 24.5 Å². The average molecular weight is 390 g/mol. The van der Waals surface area contributed by atoms with Gasteiger partial charge in [0.05, 0.1) is 17.6 Å². The lowest BCUT2D eigenvalue weighted by atomic mass is 10.3. The van der Waals surface area contributed by atoms with Crippen molar-refractivity contribution in [3.63, 3.8) is 0 Å². The van der Waals surface area contributed by atoms with E-state index in [1.54, 1.807) is 18.3 Å². The minimum atomic E-state index is -0.679. The van der Waals surface area contributed by atoms with Gasteiger partial charge in [-0.05, 0) is 12.1 Å². The Morgan fingerprint density at radius 2 is 1.52 bits per heavy atom. The minimum absolute atomic E-state index is 0.380. The number of hydrogen-bond donors (Lipinski definition) is 7. The van der Waals surface area contributed by atoms with Gasteiger partial charge in [0.1, 0.15) is 0 Å². The van der Waals surface area contributed by atoms with Crippen LogP contribution in [0.4, 0.5) is 0 Å². The zero-order valence-electron chi connectivity index (χ0n) is 13.3. The van der Waals surface area contributed by atoms with E-state index in [0.29, 0.717) is 17.1 Å². The predicted molar refractivity (Wildman–Crippen MR) is 98.3 cm³/mol. The second-order valence-electron chi connectivity index (χ2n) is 4.41. The maximum absolute atomic E-state index is 10.9. The largest absolute Gasteiger partial charge is 0.366 e. The van der Waals surface area contributed by atoms with Crippen LogP contribution in [0.2, 0.25) is 0 Å². The molecule has 13 heteroatoms. The number of carbonyl (C=O) groups excluding carboxylic acids is 3. The Hall–Kier alpha value is -1.90. The van der Waals surface area contributed by atoms with Crippen LogP contribution in [0.3, 0.4) is 0 Å². The molecule has 2 atom stereocenters. The summed E-state index contributed by atoms with van der Waals surface area (Å²) < 4.78 is 0. The Morgan fingerprint density at radius 3 is 1.80 bits per heavy atom. The Morgan fingerprint density at radius 1 is 1.04 bits per heavy atom. The number of pyridine rings is 1. The highest BCUT2D eigenvalue weighted by Gasteiger charge is 2.14. The smallest absolute Gasteiger partial charge is 0.251 e. The second kappa shape index (κ2) is 13.4. The van der Waals surface area contributed by atoms with E-state index in [1.807, 2.05) is 10.9 Å². The standard InChI is InChI=1S/C6H16N6O2S2.C6H6N2O/c7-3(5(13)11-9)1-15-16-2-4(8)6(14)12-10;7-6(9)5-2-1-3-8-4-5/h3-4H,1-2,7-10H2,(H,11,13)(H,12,14);1-4H,(H2,7,9). The lowest BCUT2D eigenvalue weighted by Crippen LogP contribution is -2.45.